The molecule has 1 saturated heterocycles. The number of aliphatic carboxylic acids is 1. The van der Waals surface area contributed by atoms with Gasteiger partial charge in [-0.3, -0.25) is 9.59 Å². The maximum absolute atomic E-state index is 12.5. The highest BCUT2D eigenvalue weighted by Crippen LogP contribution is 2.35. The van der Waals surface area contributed by atoms with Crippen LogP contribution in [0.1, 0.15) is 29.3 Å². The molecule has 48 heavy (non-hydrogen) atoms. The molecule has 1 aromatic rings. The van der Waals surface area contributed by atoms with Gasteiger partial charge in [0.2, 0.25) is 5.91 Å². The van der Waals surface area contributed by atoms with Crippen LogP contribution < -0.4 is 10.6 Å². The highest BCUT2D eigenvalue weighted by atomic mass is 16.7. The number of aromatic hydroxyl groups is 1. The molecule has 1 heterocycles. The van der Waals surface area contributed by atoms with Gasteiger partial charge in [-0.05, 0) is 19.1 Å². The Morgan fingerprint density at radius 3 is 2.38 bits per heavy atom. The van der Waals surface area contributed by atoms with E-state index in [-0.39, 0.29) is 11.3 Å². The number of hydrogen-bond donors (Lipinski definition) is 11. The summed E-state index contributed by atoms with van der Waals surface area (Å²) >= 11 is 0. The fourth-order valence-corrected chi connectivity index (χ4v) is 4.82. The molecule has 20 nitrogen and oxygen atoms in total. The number of benzene rings is 1. The first-order valence-corrected chi connectivity index (χ1v) is 14.7. The summed E-state index contributed by atoms with van der Waals surface area (Å²) < 4.78 is 21.8. The molecule has 1 aromatic carbocycles. The van der Waals surface area contributed by atoms with Crippen molar-refractivity contribution in [1.29, 1.82) is 0 Å². The van der Waals surface area contributed by atoms with Crippen molar-refractivity contribution >= 4 is 17.8 Å². The van der Waals surface area contributed by atoms with Gasteiger partial charge in [0.1, 0.15) is 30.2 Å². The lowest BCUT2D eigenvalue weighted by molar-refractivity contribution is -0.331. The molecule has 0 saturated carbocycles. The van der Waals surface area contributed by atoms with Gasteiger partial charge in [0, 0.05) is 19.9 Å². The summed E-state index contributed by atoms with van der Waals surface area (Å²) in [5.74, 6) is -6.69. The fourth-order valence-electron chi connectivity index (χ4n) is 4.82. The van der Waals surface area contributed by atoms with Crippen LogP contribution in [0.15, 0.2) is 23.4 Å². The number of ether oxygens (including phenoxy) is 4. The fraction of sp³-hybridized carbons (Fsp3) is 0.679. The minimum Gasteiger partial charge on any atom is -0.507 e. The molecular formula is C28H43N3O17. The van der Waals surface area contributed by atoms with Gasteiger partial charge < -0.3 is 75.5 Å². The Kier molecular flexibility index (Phi) is 16.1. The van der Waals surface area contributed by atoms with Crippen LogP contribution in [0.3, 0.4) is 0 Å². The number of carboxylic acids is 1. The Labute approximate surface area is 273 Å². The summed E-state index contributed by atoms with van der Waals surface area (Å²) in [5.41, 5.74) is 0.616. The van der Waals surface area contributed by atoms with Crippen molar-refractivity contribution in [3.05, 3.63) is 34.2 Å². The molecule has 272 valence electrons. The van der Waals surface area contributed by atoms with E-state index in [0.717, 1.165) is 6.92 Å². The van der Waals surface area contributed by atoms with Gasteiger partial charge in [0.25, 0.3) is 11.7 Å². The van der Waals surface area contributed by atoms with E-state index < -0.39 is 125 Å². The Bertz CT molecular complexity index is 1220. The topological polar surface area (TPSA) is 324 Å². The highest BCUT2D eigenvalue weighted by molar-refractivity contribution is 5.97. The third kappa shape index (κ3) is 10.8. The number of carbonyl (C=O) groups excluding carboxylic acids is 2. The van der Waals surface area contributed by atoms with E-state index in [1.807, 2.05) is 0 Å². The highest BCUT2D eigenvalue weighted by Gasteiger charge is 2.57. The summed E-state index contributed by atoms with van der Waals surface area (Å²) in [7, 11) is 0. The first-order valence-electron chi connectivity index (χ1n) is 14.7. The molecule has 2 amide bonds. The van der Waals surface area contributed by atoms with Crippen LogP contribution in [0.25, 0.3) is 0 Å². The number of aliphatic hydroxyl groups excluding tert-OH is 7. The smallest absolute Gasteiger partial charge is 0.364 e. The van der Waals surface area contributed by atoms with Crippen molar-refractivity contribution < 1.29 is 79.3 Å². The number of nitrogens with one attached hydrogen (secondary N) is 2. The number of phenolic OH excluding ortho intramolecular Hbond substituents is 1. The summed E-state index contributed by atoms with van der Waals surface area (Å²) in [4.78, 5) is 48.8. The molecule has 1 fully saturated rings. The zero-order valence-corrected chi connectivity index (χ0v) is 26.1. The number of nitroso groups, excluding NO2 is 1. The largest absolute Gasteiger partial charge is 0.507 e. The van der Waals surface area contributed by atoms with E-state index in [1.165, 1.54) is 12.1 Å². The third-order valence-electron chi connectivity index (χ3n) is 7.21. The zero-order valence-electron chi connectivity index (χ0n) is 26.1. The van der Waals surface area contributed by atoms with Crippen LogP contribution >= 0.6 is 0 Å². The van der Waals surface area contributed by atoms with E-state index in [2.05, 4.69) is 15.8 Å². The number of aliphatic hydroxyl groups is 7. The molecule has 1 aliphatic heterocycles. The van der Waals surface area contributed by atoms with Crippen LogP contribution in [0.2, 0.25) is 0 Å². The van der Waals surface area contributed by atoms with Gasteiger partial charge in [-0.2, -0.15) is 4.91 Å². The van der Waals surface area contributed by atoms with Crippen LogP contribution in [-0.4, -0.2) is 164 Å². The van der Waals surface area contributed by atoms with E-state index >= 15 is 0 Å². The lowest BCUT2D eigenvalue weighted by Crippen LogP contribution is -2.68. The van der Waals surface area contributed by atoms with Crippen molar-refractivity contribution in [1.82, 2.24) is 10.6 Å². The predicted octanol–water partition coefficient (Wildman–Crippen LogP) is -4.20. The second-order valence-electron chi connectivity index (χ2n) is 11.0. The molecule has 2 rings (SSSR count). The van der Waals surface area contributed by atoms with E-state index in [9.17, 15) is 65.2 Å². The van der Waals surface area contributed by atoms with Crippen LogP contribution in [0.4, 0.5) is 0 Å². The third-order valence-corrected chi connectivity index (χ3v) is 7.21. The standard InChI is InChI=1S/C28H43N3O17/c1-13-3-4-17(37)16(7-13)25(41)29-9-15(36)12-46-26(45-6-5-32)22(31-44)20(11-34)47-28(27(42)43)8-18(38)21(30-14(2)35)24(48-28)23(40)19(39)10-33/h3-4,7,15,18-24,26,32-34,36-40H,5-6,8-12H2,1-2H3,(H,29,41)(H,30,35)(H,42,43)/t15-,18-,19-,20?,21-,22?,23-,24?,26+,28-/m1/s1. The zero-order chi connectivity index (χ0) is 36.2. The van der Waals surface area contributed by atoms with Crippen molar-refractivity contribution in [2.24, 2.45) is 5.18 Å². The van der Waals surface area contributed by atoms with E-state index in [1.54, 1.807) is 13.0 Å². The van der Waals surface area contributed by atoms with Gasteiger partial charge in [0.05, 0.1) is 56.8 Å². The van der Waals surface area contributed by atoms with E-state index in [0.29, 0.717) is 5.56 Å². The number of aryl methyl sites for hydroxylation is 1. The maximum atomic E-state index is 12.5. The lowest BCUT2D eigenvalue weighted by Gasteiger charge is -2.47. The second-order valence-corrected chi connectivity index (χ2v) is 11.0. The summed E-state index contributed by atoms with van der Waals surface area (Å²) in [6, 6.07) is 0.828. The monoisotopic (exact) mass is 693 g/mol. The molecule has 0 aromatic heterocycles. The second kappa shape index (κ2) is 19.0. The molecule has 0 spiro atoms. The van der Waals surface area contributed by atoms with Crippen molar-refractivity contribution in [2.45, 2.75) is 81.1 Å². The molecule has 0 aliphatic carbocycles. The molecule has 0 radical (unpaired) electrons. The molecule has 3 unspecified atom stereocenters. The maximum Gasteiger partial charge on any atom is 0.364 e. The number of nitrogens with zero attached hydrogens (tertiary/aromatic N) is 1. The Hall–Kier alpha value is -3.41. The number of phenols is 1. The molecule has 1 aliphatic rings. The SMILES string of the molecule is CC(=O)N[C@H]1C([C@H](O)[C@H](O)CO)O[C@@](OC(CO)C(N=O)[C@@H](OCCO)OC[C@H](O)CNC(=O)c2cc(C)ccc2O)(C(=O)O)C[C@H]1O. The molecule has 10 atom stereocenters. The Balaban J connectivity index is 2.27. The molecule has 0 bridgehead atoms. The number of carbonyl (C=O) groups is 3. The minimum atomic E-state index is -2.97. The molecule has 20 heteroatoms. The number of rotatable bonds is 20. The van der Waals surface area contributed by atoms with Gasteiger partial charge in [0.15, 0.2) is 12.3 Å². The molecule has 11 N–H and O–H groups in total. The first kappa shape index (κ1) is 40.8. The van der Waals surface area contributed by atoms with Gasteiger partial charge in [-0.1, -0.05) is 16.8 Å². The average Bonchev–Trinajstić information content (AvgIpc) is 3.05. The normalized spacial score (nSPS) is 24.8. The quantitative estimate of drug-likeness (QED) is 0.0455. The predicted molar refractivity (Wildman–Crippen MR) is 158 cm³/mol. The van der Waals surface area contributed by atoms with Gasteiger partial charge >= 0.3 is 5.97 Å². The van der Waals surface area contributed by atoms with Crippen LogP contribution in [-0.2, 0) is 28.5 Å². The lowest BCUT2D eigenvalue weighted by atomic mass is 9.88. The summed E-state index contributed by atoms with van der Waals surface area (Å²) in [6.45, 7) is -1.64. The average molecular weight is 694 g/mol. The summed E-state index contributed by atoms with van der Waals surface area (Å²) in [6.07, 6.45) is -14.0. The first-order chi connectivity index (χ1) is 22.6. The summed E-state index contributed by atoms with van der Waals surface area (Å²) in [5, 5.41) is 98.1. The minimum absolute atomic E-state index is 0.0631. The van der Waals surface area contributed by atoms with E-state index in [4.69, 9.17) is 18.9 Å². The number of amides is 2. The van der Waals surface area contributed by atoms with Crippen molar-refractivity contribution in [3.63, 3.8) is 0 Å². The number of carboxylic acid groups (broad SMARTS) is 1. The Morgan fingerprint density at radius 1 is 1.12 bits per heavy atom. The Morgan fingerprint density at radius 2 is 1.81 bits per heavy atom. The molecular weight excluding hydrogens is 650 g/mol. The van der Waals surface area contributed by atoms with Crippen molar-refractivity contribution in [3.8, 4) is 5.75 Å². The van der Waals surface area contributed by atoms with Gasteiger partial charge in [-0.15, -0.1) is 0 Å². The number of hydrogen-bond acceptors (Lipinski definition) is 17. The van der Waals surface area contributed by atoms with Gasteiger partial charge in [-0.25, -0.2) is 4.79 Å². The van der Waals surface area contributed by atoms with Crippen LogP contribution in [0.5, 0.6) is 5.75 Å². The van der Waals surface area contributed by atoms with Crippen LogP contribution in [0, 0.1) is 11.8 Å². The van der Waals surface area contributed by atoms with Crippen molar-refractivity contribution in [2.75, 3.05) is 39.6 Å².